The van der Waals surface area contributed by atoms with Gasteiger partial charge < -0.3 is 10.1 Å². The number of hydrogen-bond acceptors (Lipinski definition) is 4. The van der Waals surface area contributed by atoms with E-state index in [0.717, 1.165) is 19.6 Å². The molecular formula is C12H22N4OS. The number of nitrogens with two attached hydrogens (primary N) is 1. The smallest absolute Gasteiger partial charge is 0.206 e. The molecule has 0 radical (unpaired) electrons. The SMILES string of the molecule is CCOCCCN=C(NN)NC(C)c1cccs1. The van der Waals surface area contributed by atoms with Crippen LogP contribution in [0.4, 0.5) is 0 Å². The van der Waals surface area contributed by atoms with Gasteiger partial charge in [-0.25, -0.2) is 5.84 Å². The van der Waals surface area contributed by atoms with Crippen molar-refractivity contribution in [1.82, 2.24) is 10.7 Å². The van der Waals surface area contributed by atoms with Crippen LogP contribution in [0.1, 0.15) is 31.2 Å². The number of nitrogens with zero attached hydrogens (tertiary/aromatic N) is 1. The second-order valence-electron chi connectivity index (χ2n) is 3.81. The lowest BCUT2D eigenvalue weighted by molar-refractivity contribution is 0.146. The molecule has 4 N–H and O–H groups in total. The molecule has 18 heavy (non-hydrogen) atoms. The van der Waals surface area contributed by atoms with Gasteiger partial charge in [0.25, 0.3) is 0 Å². The lowest BCUT2D eigenvalue weighted by Gasteiger charge is -2.15. The molecule has 0 spiro atoms. The average molecular weight is 270 g/mol. The van der Waals surface area contributed by atoms with Crippen LogP contribution in [0, 0.1) is 0 Å². The van der Waals surface area contributed by atoms with Crippen molar-refractivity contribution in [3.63, 3.8) is 0 Å². The fourth-order valence-electron chi connectivity index (χ4n) is 1.45. The standard InChI is InChI=1S/C12H22N4OS/c1-3-17-8-5-7-14-12(16-13)15-10(2)11-6-4-9-18-11/h4,6,9-10H,3,5,7-8,13H2,1-2H3,(H2,14,15,16). The Morgan fingerprint density at radius 2 is 2.44 bits per heavy atom. The lowest BCUT2D eigenvalue weighted by atomic mass is 10.3. The second kappa shape index (κ2) is 8.91. The summed E-state index contributed by atoms with van der Waals surface area (Å²) in [5.74, 6) is 6.06. The van der Waals surface area contributed by atoms with Gasteiger partial charge in [0.05, 0.1) is 6.04 Å². The summed E-state index contributed by atoms with van der Waals surface area (Å²) in [7, 11) is 0. The largest absolute Gasteiger partial charge is 0.382 e. The minimum absolute atomic E-state index is 0.201. The predicted molar refractivity (Wildman–Crippen MR) is 76.6 cm³/mol. The molecule has 0 bridgehead atoms. The number of aliphatic imine (C=N–C) groups is 1. The molecular weight excluding hydrogens is 248 g/mol. The van der Waals surface area contributed by atoms with Gasteiger partial charge in [-0.3, -0.25) is 10.4 Å². The topological polar surface area (TPSA) is 71.7 Å². The number of hydrogen-bond donors (Lipinski definition) is 3. The Kier molecular flexibility index (Phi) is 7.40. The highest BCUT2D eigenvalue weighted by Gasteiger charge is 2.07. The van der Waals surface area contributed by atoms with Crippen molar-refractivity contribution in [2.45, 2.75) is 26.3 Å². The fraction of sp³-hybridized carbons (Fsp3) is 0.583. The fourth-order valence-corrected chi connectivity index (χ4v) is 2.18. The molecule has 1 aromatic heterocycles. The minimum atomic E-state index is 0.201. The molecule has 0 aliphatic heterocycles. The van der Waals surface area contributed by atoms with Crippen molar-refractivity contribution in [3.05, 3.63) is 22.4 Å². The number of guanidine groups is 1. The van der Waals surface area contributed by atoms with Crippen LogP contribution in [0.25, 0.3) is 0 Å². The molecule has 6 heteroatoms. The molecule has 1 unspecified atom stereocenters. The molecule has 1 heterocycles. The van der Waals surface area contributed by atoms with Crippen molar-refractivity contribution in [2.24, 2.45) is 10.8 Å². The Bertz CT molecular complexity index is 340. The average Bonchev–Trinajstić information content (AvgIpc) is 2.91. The summed E-state index contributed by atoms with van der Waals surface area (Å²) in [6.07, 6.45) is 0.897. The third-order valence-corrected chi connectivity index (χ3v) is 3.44. The maximum absolute atomic E-state index is 5.44. The Labute approximate surface area is 112 Å². The maximum Gasteiger partial charge on any atom is 0.206 e. The Balaban J connectivity index is 2.34. The Hall–Kier alpha value is -1.11. The first-order valence-electron chi connectivity index (χ1n) is 6.16. The van der Waals surface area contributed by atoms with E-state index >= 15 is 0 Å². The highest BCUT2D eigenvalue weighted by atomic mass is 32.1. The first-order valence-corrected chi connectivity index (χ1v) is 7.04. The molecule has 1 rings (SSSR count). The maximum atomic E-state index is 5.44. The van der Waals surface area contributed by atoms with Crippen molar-refractivity contribution < 1.29 is 4.74 Å². The summed E-state index contributed by atoms with van der Waals surface area (Å²) in [6.45, 7) is 6.25. The van der Waals surface area contributed by atoms with Crippen LogP contribution in [0.15, 0.2) is 22.5 Å². The van der Waals surface area contributed by atoms with Gasteiger partial charge in [-0.2, -0.15) is 0 Å². The van der Waals surface area contributed by atoms with E-state index in [1.54, 1.807) is 11.3 Å². The van der Waals surface area contributed by atoms with E-state index in [1.807, 2.05) is 13.0 Å². The van der Waals surface area contributed by atoms with Gasteiger partial charge in [0.1, 0.15) is 0 Å². The highest BCUT2D eigenvalue weighted by Crippen LogP contribution is 2.17. The summed E-state index contributed by atoms with van der Waals surface area (Å²) >= 11 is 1.71. The van der Waals surface area contributed by atoms with Gasteiger partial charge in [0.15, 0.2) is 0 Å². The molecule has 0 amide bonds. The van der Waals surface area contributed by atoms with E-state index < -0.39 is 0 Å². The summed E-state index contributed by atoms with van der Waals surface area (Å²) in [4.78, 5) is 5.61. The lowest BCUT2D eigenvalue weighted by Crippen LogP contribution is -2.42. The highest BCUT2D eigenvalue weighted by molar-refractivity contribution is 7.10. The van der Waals surface area contributed by atoms with Gasteiger partial charge in [0.2, 0.25) is 5.96 Å². The zero-order valence-corrected chi connectivity index (χ0v) is 11.8. The van der Waals surface area contributed by atoms with Crippen LogP contribution in [-0.2, 0) is 4.74 Å². The van der Waals surface area contributed by atoms with E-state index in [1.165, 1.54) is 4.88 Å². The van der Waals surface area contributed by atoms with E-state index in [9.17, 15) is 0 Å². The van der Waals surface area contributed by atoms with Crippen molar-refractivity contribution in [2.75, 3.05) is 19.8 Å². The van der Waals surface area contributed by atoms with Crippen LogP contribution >= 0.6 is 11.3 Å². The summed E-state index contributed by atoms with van der Waals surface area (Å²) in [6, 6.07) is 4.32. The normalized spacial score (nSPS) is 13.4. The minimum Gasteiger partial charge on any atom is -0.382 e. The molecule has 0 aliphatic rings. The van der Waals surface area contributed by atoms with Crippen molar-refractivity contribution in [3.8, 4) is 0 Å². The number of thiophene rings is 1. The summed E-state index contributed by atoms with van der Waals surface area (Å²) in [5, 5.41) is 5.30. The van der Waals surface area contributed by atoms with Crippen LogP contribution in [0.5, 0.6) is 0 Å². The van der Waals surface area contributed by atoms with E-state index in [2.05, 4.69) is 34.1 Å². The van der Waals surface area contributed by atoms with Gasteiger partial charge in [-0.1, -0.05) is 6.07 Å². The quantitative estimate of drug-likeness (QED) is 0.232. The van der Waals surface area contributed by atoms with Crippen LogP contribution in [0.3, 0.4) is 0 Å². The molecule has 1 aromatic rings. The number of rotatable bonds is 7. The van der Waals surface area contributed by atoms with E-state index in [4.69, 9.17) is 10.6 Å². The van der Waals surface area contributed by atoms with Gasteiger partial charge in [-0.15, -0.1) is 11.3 Å². The van der Waals surface area contributed by atoms with Crippen LogP contribution in [0.2, 0.25) is 0 Å². The number of hydrazine groups is 1. The first kappa shape index (κ1) is 14.9. The monoisotopic (exact) mass is 270 g/mol. The predicted octanol–water partition coefficient (Wildman–Crippen LogP) is 1.64. The Morgan fingerprint density at radius 3 is 3.06 bits per heavy atom. The molecule has 1 atom stereocenters. The molecule has 0 saturated heterocycles. The molecule has 102 valence electrons. The van der Waals surface area contributed by atoms with E-state index in [0.29, 0.717) is 12.5 Å². The molecule has 5 nitrogen and oxygen atoms in total. The Morgan fingerprint density at radius 1 is 1.61 bits per heavy atom. The third kappa shape index (κ3) is 5.48. The summed E-state index contributed by atoms with van der Waals surface area (Å²) in [5.41, 5.74) is 2.59. The second-order valence-corrected chi connectivity index (χ2v) is 4.79. The summed E-state index contributed by atoms with van der Waals surface area (Å²) < 4.78 is 5.25. The molecule has 0 aromatic carbocycles. The molecule has 0 fully saturated rings. The van der Waals surface area contributed by atoms with E-state index in [-0.39, 0.29) is 6.04 Å². The first-order chi connectivity index (χ1) is 8.77. The van der Waals surface area contributed by atoms with Crippen molar-refractivity contribution in [1.29, 1.82) is 0 Å². The zero-order chi connectivity index (χ0) is 13.2. The van der Waals surface area contributed by atoms with Crippen LogP contribution in [-0.4, -0.2) is 25.7 Å². The van der Waals surface area contributed by atoms with Gasteiger partial charge >= 0.3 is 0 Å². The van der Waals surface area contributed by atoms with Crippen molar-refractivity contribution >= 4 is 17.3 Å². The van der Waals surface area contributed by atoms with Gasteiger partial charge in [-0.05, 0) is 31.7 Å². The number of ether oxygens (including phenoxy) is 1. The number of nitrogens with one attached hydrogen (secondary N) is 2. The van der Waals surface area contributed by atoms with Gasteiger partial charge in [0, 0.05) is 24.6 Å². The third-order valence-electron chi connectivity index (χ3n) is 2.38. The van der Waals surface area contributed by atoms with Crippen LogP contribution < -0.4 is 16.6 Å². The molecule has 0 saturated carbocycles. The molecule has 0 aliphatic carbocycles. The zero-order valence-electron chi connectivity index (χ0n) is 11.0.